The van der Waals surface area contributed by atoms with Gasteiger partial charge >= 0.3 is 0 Å². The molecule has 2 N–H and O–H groups in total. The Morgan fingerprint density at radius 3 is 2.33 bits per heavy atom. The summed E-state index contributed by atoms with van der Waals surface area (Å²) in [6.07, 6.45) is 0. The second-order valence-electron chi connectivity index (χ2n) is 4.69. The number of nitrogens with one attached hydrogen (secondary N) is 2. The first-order valence-electron chi connectivity index (χ1n) is 6.85. The van der Waals surface area contributed by atoms with Gasteiger partial charge in [-0.3, -0.25) is 4.79 Å². The van der Waals surface area contributed by atoms with E-state index in [-0.39, 0.29) is 6.54 Å². The predicted octanol–water partition coefficient (Wildman–Crippen LogP) is 3.69. The van der Waals surface area contributed by atoms with Gasteiger partial charge in [0.15, 0.2) is 0 Å². The van der Waals surface area contributed by atoms with Gasteiger partial charge in [-0.15, -0.1) is 0 Å². The molecule has 2 aromatic carbocycles. The Hall–Kier alpha value is -2.54. The van der Waals surface area contributed by atoms with Crippen molar-refractivity contribution >= 4 is 28.9 Å². The van der Waals surface area contributed by atoms with E-state index in [1.807, 2.05) is 0 Å². The van der Waals surface area contributed by atoms with Gasteiger partial charge in [0.1, 0.15) is 28.8 Å². The van der Waals surface area contributed by atoms with Crippen LogP contribution in [0.1, 0.15) is 0 Å². The maximum absolute atomic E-state index is 13.5. The Bertz CT molecular complexity index is 736. The number of ether oxygens (including phenoxy) is 2. The molecule has 0 bridgehead atoms. The van der Waals surface area contributed by atoms with Crippen LogP contribution in [0.25, 0.3) is 0 Å². The van der Waals surface area contributed by atoms with E-state index in [1.165, 1.54) is 26.4 Å². The minimum Gasteiger partial charge on any atom is -0.495 e. The third kappa shape index (κ3) is 4.05. The third-order valence-corrected chi connectivity index (χ3v) is 3.44. The molecule has 5 nitrogen and oxygen atoms in total. The van der Waals surface area contributed by atoms with Crippen LogP contribution in [0.3, 0.4) is 0 Å². The maximum atomic E-state index is 13.5. The van der Waals surface area contributed by atoms with Crippen LogP contribution in [-0.4, -0.2) is 26.7 Å². The zero-order chi connectivity index (χ0) is 17.7. The molecular weight excluding hydrogens is 342 g/mol. The van der Waals surface area contributed by atoms with Gasteiger partial charge in [0.05, 0.1) is 31.5 Å². The zero-order valence-electron chi connectivity index (χ0n) is 13.0. The molecule has 0 aliphatic heterocycles. The number of carbonyl (C=O) groups excluding carboxylic acids is 1. The average Bonchev–Trinajstić information content (AvgIpc) is 2.56. The van der Waals surface area contributed by atoms with Gasteiger partial charge < -0.3 is 20.1 Å². The normalized spacial score (nSPS) is 10.2. The van der Waals surface area contributed by atoms with E-state index in [0.717, 1.165) is 12.1 Å². The van der Waals surface area contributed by atoms with Crippen molar-refractivity contribution in [2.24, 2.45) is 0 Å². The Balaban J connectivity index is 2.09. The van der Waals surface area contributed by atoms with Crippen LogP contribution >= 0.6 is 11.6 Å². The van der Waals surface area contributed by atoms with Crippen LogP contribution in [0.5, 0.6) is 11.5 Å². The molecule has 0 atom stereocenters. The molecule has 0 radical (unpaired) electrons. The zero-order valence-corrected chi connectivity index (χ0v) is 13.7. The van der Waals surface area contributed by atoms with Crippen LogP contribution in [0.2, 0.25) is 5.02 Å². The fourth-order valence-corrected chi connectivity index (χ4v) is 2.21. The molecule has 8 heteroatoms. The molecule has 128 valence electrons. The molecule has 0 aliphatic carbocycles. The highest BCUT2D eigenvalue weighted by atomic mass is 35.5. The lowest BCUT2D eigenvalue weighted by Crippen LogP contribution is -2.23. The number of halogens is 3. The van der Waals surface area contributed by atoms with E-state index in [2.05, 4.69) is 10.6 Å². The van der Waals surface area contributed by atoms with Gasteiger partial charge in [0.2, 0.25) is 5.91 Å². The molecule has 0 spiro atoms. The van der Waals surface area contributed by atoms with E-state index < -0.39 is 23.2 Å². The van der Waals surface area contributed by atoms with E-state index in [9.17, 15) is 13.6 Å². The smallest absolute Gasteiger partial charge is 0.243 e. The van der Waals surface area contributed by atoms with Crippen LogP contribution in [-0.2, 0) is 4.79 Å². The largest absolute Gasteiger partial charge is 0.495 e. The third-order valence-electron chi connectivity index (χ3n) is 3.14. The van der Waals surface area contributed by atoms with E-state index >= 15 is 0 Å². The first-order chi connectivity index (χ1) is 11.5. The van der Waals surface area contributed by atoms with Crippen LogP contribution < -0.4 is 20.1 Å². The highest BCUT2D eigenvalue weighted by molar-refractivity contribution is 6.32. The molecule has 0 unspecified atom stereocenters. The van der Waals surface area contributed by atoms with Crippen molar-refractivity contribution < 1.29 is 23.0 Å². The summed E-state index contributed by atoms with van der Waals surface area (Å²) in [6, 6.07) is 6.40. The number of hydrogen-bond acceptors (Lipinski definition) is 4. The minimum absolute atomic E-state index is 0.241. The van der Waals surface area contributed by atoms with Crippen molar-refractivity contribution in [1.82, 2.24) is 0 Å². The van der Waals surface area contributed by atoms with Gasteiger partial charge in [-0.1, -0.05) is 17.7 Å². The van der Waals surface area contributed by atoms with Crippen molar-refractivity contribution in [1.29, 1.82) is 0 Å². The summed E-state index contributed by atoms with van der Waals surface area (Å²) in [4.78, 5) is 11.9. The first kappa shape index (κ1) is 17.8. The lowest BCUT2D eigenvalue weighted by molar-refractivity contribution is -0.114. The molecular formula is C16H15ClF2N2O3. The van der Waals surface area contributed by atoms with E-state index in [0.29, 0.717) is 22.2 Å². The number of anilines is 2. The number of carbonyl (C=O) groups is 1. The number of benzene rings is 2. The summed E-state index contributed by atoms with van der Waals surface area (Å²) in [7, 11) is 2.89. The summed E-state index contributed by atoms with van der Waals surface area (Å²) in [6.45, 7) is -0.241. The van der Waals surface area contributed by atoms with Gasteiger partial charge in [0.25, 0.3) is 0 Å². The monoisotopic (exact) mass is 356 g/mol. The lowest BCUT2D eigenvalue weighted by Gasteiger charge is -2.14. The SMILES string of the molecule is COc1cc(NCC(=O)Nc2c(F)cccc2F)c(OC)cc1Cl. The summed E-state index contributed by atoms with van der Waals surface area (Å²) in [5, 5.41) is 5.33. The lowest BCUT2D eigenvalue weighted by atomic mass is 10.2. The summed E-state index contributed by atoms with van der Waals surface area (Å²) in [5.41, 5.74) is -0.0483. The number of rotatable bonds is 6. The number of amides is 1. The minimum atomic E-state index is -0.853. The Morgan fingerprint density at radius 1 is 1.12 bits per heavy atom. The number of hydrogen-bond donors (Lipinski definition) is 2. The van der Waals surface area contributed by atoms with Gasteiger partial charge in [0, 0.05) is 12.1 Å². The topological polar surface area (TPSA) is 59.6 Å². The van der Waals surface area contributed by atoms with E-state index in [1.54, 1.807) is 6.07 Å². The predicted molar refractivity (Wildman–Crippen MR) is 88.0 cm³/mol. The van der Waals surface area contributed by atoms with E-state index in [4.69, 9.17) is 21.1 Å². The summed E-state index contributed by atoms with van der Waals surface area (Å²) in [5.74, 6) is -1.55. The standard InChI is InChI=1S/C16H15ClF2N2O3/c1-23-13-7-12(14(24-2)6-9(13)17)20-8-15(22)21-16-10(18)4-3-5-11(16)19/h3-7,20H,8H2,1-2H3,(H,21,22). The molecule has 0 saturated heterocycles. The molecule has 2 rings (SSSR count). The van der Waals surface area contributed by atoms with Gasteiger partial charge in [-0.2, -0.15) is 0 Å². The van der Waals surface area contributed by atoms with Crippen LogP contribution in [0.4, 0.5) is 20.2 Å². The molecule has 0 saturated carbocycles. The fourth-order valence-electron chi connectivity index (χ4n) is 1.97. The molecule has 2 aromatic rings. The fraction of sp³-hybridized carbons (Fsp3) is 0.188. The molecule has 24 heavy (non-hydrogen) atoms. The molecule has 0 aromatic heterocycles. The first-order valence-corrected chi connectivity index (χ1v) is 7.23. The van der Waals surface area contributed by atoms with Crippen molar-refractivity contribution in [3.05, 3.63) is 47.0 Å². The summed E-state index contributed by atoms with van der Waals surface area (Å²) >= 11 is 5.99. The number of para-hydroxylation sites is 1. The van der Waals surface area contributed by atoms with Gasteiger partial charge in [-0.05, 0) is 12.1 Å². The second kappa shape index (κ2) is 7.83. The Morgan fingerprint density at radius 2 is 1.75 bits per heavy atom. The van der Waals surface area contributed by atoms with Crippen molar-refractivity contribution in [2.45, 2.75) is 0 Å². The van der Waals surface area contributed by atoms with Crippen LogP contribution in [0.15, 0.2) is 30.3 Å². The highest BCUT2D eigenvalue weighted by Gasteiger charge is 2.14. The molecule has 0 heterocycles. The summed E-state index contributed by atoms with van der Waals surface area (Å²) < 4.78 is 37.3. The Kier molecular flexibility index (Phi) is 5.81. The molecule has 0 aliphatic rings. The van der Waals surface area contributed by atoms with Crippen LogP contribution in [0, 0.1) is 11.6 Å². The number of methoxy groups -OCH3 is 2. The van der Waals surface area contributed by atoms with Gasteiger partial charge in [-0.25, -0.2) is 8.78 Å². The van der Waals surface area contributed by atoms with Crippen molar-refractivity contribution in [3.8, 4) is 11.5 Å². The average molecular weight is 357 g/mol. The maximum Gasteiger partial charge on any atom is 0.243 e. The molecule has 1 amide bonds. The van der Waals surface area contributed by atoms with Crippen molar-refractivity contribution in [2.75, 3.05) is 31.4 Å². The Labute approximate surface area is 142 Å². The quantitative estimate of drug-likeness (QED) is 0.828. The highest BCUT2D eigenvalue weighted by Crippen LogP contribution is 2.35. The van der Waals surface area contributed by atoms with Crippen molar-refractivity contribution in [3.63, 3.8) is 0 Å². The second-order valence-corrected chi connectivity index (χ2v) is 5.09. The molecule has 0 fully saturated rings.